The highest BCUT2D eigenvalue weighted by molar-refractivity contribution is 9.10. The molecule has 1 aliphatic heterocycles. The maximum absolute atomic E-state index is 4.61. The van der Waals surface area contributed by atoms with Crippen molar-refractivity contribution in [3.8, 4) is 0 Å². The fraction of sp³-hybridized carbons (Fsp3) is 0.364. The average molecular weight is 315 g/mol. The summed E-state index contributed by atoms with van der Waals surface area (Å²) in [6.07, 6.45) is 2.80. The third-order valence-corrected chi connectivity index (χ3v) is 5.11. The third-order valence-electron chi connectivity index (χ3n) is 2.54. The molecular weight excluding hydrogens is 304 g/mol. The van der Waals surface area contributed by atoms with Crippen molar-refractivity contribution >= 4 is 50.5 Å². The van der Waals surface area contributed by atoms with Crippen LogP contribution in [0.3, 0.4) is 0 Å². The lowest BCUT2D eigenvalue weighted by atomic mass is 10.3. The Morgan fingerprint density at radius 2 is 2.38 bits per heavy atom. The molecule has 1 N–H and O–H groups in total. The van der Waals surface area contributed by atoms with Crippen molar-refractivity contribution in [3.05, 3.63) is 22.7 Å². The zero-order chi connectivity index (χ0) is 11.0. The van der Waals surface area contributed by atoms with E-state index in [-0.39, 0.29) is 0 Å². The molecular formula is C11H11BrN2S2. The highest BCUT2D eigenvalue weighted by Crippen LogP contribution is 2.37. The van der Waals surface area contributed by atoms with Crippen LogP contribution in [0.1, 0.15) is 12.8 Å². The Morgan fingerprint density at radius 3 is 3.19 bits per heavy atom. The Hall–Kier alpha value is -0.130. The monoisotopic (exact) mass is 314 g/mol. The molecule has 5 heteroatoms. The molecule has 1 fully saturated rings. The quantitative estimate of drug-likeness (QED) is 0.828. The highest BCUT2D eigenvalue weighted by Gasteiger charge is 2.22. The number of hydrogen-bond donors (Lipinski definition) is 1. The molecule has 1 aliphatic carbocycles. The van der Waals surface area contributed by atoms with Crippen molar-refractivity contribution in [2.75, 3.05) is 5.75 Å². The minimum atomic E-state index is 0.936. The molecule has 0 bridgehead atoms. The largest absolute Gasteiger partial charge is 0.305 e. The molecule has 1 aromatic rings. The summed E-state index contributed by atoms with van der Waals surface area (Å²) in [6, 6.07) is 6.20. The number of nitrogens with one attached hydrogen (secondary N) is 1. The van der Waals surface area contributed by atoms with E-state index in [1.54, 1.807) is 11.9 Å². The van der Waals surface area contributed by atoms with Crippen molar-refractivity contribution in [2.24, 2.45) is 10.9 Å². The zero-order valence-electron chi connectivity index (χ0n) is 8.57. The Bertz CT molecular complexity index is 444. The number of rotatable bonds is 2. The van der Waals surface area contributed by atoms with Crippen molar-refractivity contribution in [1.82, 2.24) is 4.72 Å². The SMILES string of the molecule is Brc1ccc2c(c1)SNC(SCC1CC1)=N2. The number of benzene rings is 1. The Kier molecular flexibility index (Phi) is 3.18. The van der Waals surface area contributed by atoms with Crippen LogP contribution in [0, 0.1) is 5.92 Å². The predicted octanol–water partition coefficient (Wildman–Crippen LogP) is 4.19. The van der Waals surface area contributed by atoms with Gasteiger partial charge in [0.15, 0.2) is 5.17 Å². The normalized spacial score (nSPS) is 18.7. The van der Waals surface area contributed by atoms with Gasteiger partial charge in [-0.15, -0.1) is 0 Å². The topological polar surface area (TPSA) is 24.4 Å². The minimum absolute atomic E-state index is 0.936. The van der Waals surface area contributed by atoms with Crippen LogP contribution < -0.4 is 4.72 Å². The maximum atomic E-state index is 4.61. The molecule has 16 heavy (non-hydrogen) atoms. The van der Waals surface area contributed by atoms with E-state index in [4.69, 9.17) is 0 Å². The summed E-state index contributed by atoms with van der Waals surface area (Å²) < 4.78 is 4.40. The lowest BCUT2D eigenvalue weighted by molar-refractivity contribution is 1.00. The number of nitrogens with zero attached hydrogens (tertiary/aromatic N) is 1. The first-order valence-electron chi connectivity index (χ1n) is 5.25. The zero-order valence-corrected chi connectivity index (χ0v) is 11.8. The van der Waals surface area contributed by atoms with Crippen LogP contribution in [0.2, 0.25) is 0 Å². The lowest BCUT2D eigenvalue weighted by Gasteiger charge is -2.15. The van der Waals surface area contributed by atoms with Crippen molar-refractivity contribution in [2.45, 2.75) is 17.7 Å². The van der Waals surface area contributed by atoms with E-state index in [2.05, 4.69) is 37.8 Å². The van der Waals surface area contributed by atoms with Crippen LogP contribution in [0.5, 0.6) is 0 Å². The molecule has 0 radical (unpaired) electrons. The van der Waals surface area contributed by atoms with Crippen LogP contribution in [-0.4, -0.2) is 10.9 Å². The van der Waals surface area contributed by atoms with Crippen molar-refractivity contribution in [1.29, 1.82) is 0 Å². The molecule has 2 nitrogen and oxygen atoms in total. The van der Waals surface area contributed by atoms with Crippen LogP contribution in [0.4, 0.5) is 5.69 Å². The fourth-order valence-electron chi connectivity index (χ4n) is 1.44. The molecule has 1 heterocycles. The summed E-state index contributed by atoms with van der Waals surface area (Å²) in [5.74, 6) is 2.14. The molecule has 0 atom stereocenters. The van der Waals surface area contributed by atoms with E-state index >= 15 is 0 Å². The number of hydrogen-bond acceptors (Lipinski definition) is 4. The van der Waals surface area contributed by atoms with Gasteiger partial charge in [0.05, 0.1) is 10.6 Å². The summed E-state index contributed by atoms with van der Waals surface area (Å²) in [5.41, 5.74) is 1.07. The maximum Gasteiger partial charge on any atom is 0.172 e. The molecule has 0 unspecified atom stereocenters. The third kappa shape index (κ3) is 2.57. The number of fused-ring (bicyclic) bond motifs is 1. The van der Waals surface area contributed by atoms with Gasteiger partial charge >= 0.3 is 0 Å². The molecule has 2 aliphatic rings. The summed E-state index contributed by atoms with van der Waals surface area (Å²) >= 11 is 6.96. The summed E-state index contributed by atoms with van der Waals surface area (Å²) in [4.78, 5) is 5.80. The van der Waals surface area contributed by atoms with E-state index < -0.39 is 0 Å². The molecule has 0 amide bonds. The second-order valence-corrected chi connectivity index (χ2v) is 6.76. The number of halogens is 1. The van der Waals surface area contributed by atoms with Crippen molar-refractivity contribution < 1.29 is 0 Å². The van der Waals surface area contributed by atoms with E-state index in [0.29, 0.717) is 0 Å². The first kappa shape index (κ1) is 11.0. The fourth-order valence-corrected chi connectivity index (χ4v) is 3.85. The smallest absolute Gasteiger partial charge is 0.172 e. The Labute approximate surface area is 112 Å². The van der Waals surface area contributed by atoms with Gasteiger partial charge in [-0.3, -0.25) is 0 Å². The first-order chi connectivity index (χ1) is 7.81. The Morgan fingerprint density at radius 1 is 1.50 bits per heavy atom. The van der Waals surface area contributed by atoms with Gasteiger partial charge in [0.25, 0.3) is 0 Å². The van der Waals surface area contributed by atoms with Crippen LogP contribution in [0.15, 0.2) is 32.6 Å². The van der Waals surface area contributed by atoms with Crippen LogP contribution in [-0.2, 0) is 0 Å². The van der Waals surface area contributed by atoms with E-state index in [0.717, 1.165) is 21.2 Å². The van der Waals surface area contributed by atoms with E-state index in [9.17, 15) is 0 Å². The van der Waals surface area contributed by atoms with Gasteiger partial charge in [0, 0.05) is 10.2 Å². The summed E-state index contributed by atoms with van der Waals surface area (Å²) in [6.45, 7) is 0. The van der Waals surface area contributed by atoms with Gasteiger partial charge in [0.1, 0.15) is 0 Å². The second kappa shape index (κ2) is 4.63. The molecule has 84 valence electrons. The average Bonchev–Trinajstić information content (AvgIpc) is 3.10. The predicted molar refractivity (Wildman–Crippen MR) is 75.4 cm³/mol. The molecule has 1 saturated carbocycles. The van der Waals surface area contributed by atoms with Gasteiger partial charge < -0.3 is 4.72 Å². The number of amidine groups is 1. The van der Waals surface area contributed by atoms with Gasteiger partial charge in [-0.05, 0) is 48.9 Å². The molecule has 0 saturated heterocycles. The number of thioether (sulfide) groups is 1. The van der Waals surface area contributed by atoms with Gasteiger partial charge in [-0.1, -0.05) is 27.7 Å². The molecule has 1 aromatic carbocycles. The van der Waals surface area contributed by atoms with E-state index in [1.807, 2.05) is 17.8 Å². The highest BCUT2D eigenvalue weighted by atomic mass is 79.9. The Balaban J connectivity index is 1.74. The van der Waals surface area contributed by atoms with Gasteiger partial charge in [-0.2, -0.15) is 0 Å². The standard InChI is InChI=1S/C11H11BrN2S2/c12-8-3-4-9-10(5-8)16-14-11(13-9)15-6-7-1-2-7/h3-5,7H,1-2,6H2,(H,13,14). The summed E-state index contributed by atoms with van der Waals surface area (Å²) in [7, 11) is 0. The van der Waals surface area contributed by atoms with E-state index in [1.165, 1.54) is 23.5 Å². The van der Waals surface area contributed by atoms with Crippen LogP contribution >= 0.6 is 39.6 Å². The molecule has 0 spiro atoms. The minimum Gasteiger partial charge on any atom is -0.305 e. The van der Waals surface area contributed by atoms with Crippen LogP contribution in [0.25, 0.3) is 0 Å². The lowest BCUT2D eigenvalue weighted by Crippen LogP contribution is -2.15. The number of aliphatic imine (C=N–C) groups is 1. The molecule has 3 rings (SSSR count). The summed E-state index contributed by atoms with van der Waals surface area (Å²) in [5, 5.41) is 1.05. The van der Waals surface area contributed by atoms with Gasteiger partial charge in [-0.25, -0.2) is 4.99 Å². The van der Waals surface area contributed by atoms with Crippen molar-refractivity contribution in [3.63, 3.8) is 0 Å². The second-order valence-electron chi connectivity index (χ2n) is 3.99. The van der Waals surface area contributed by atoms with Gasteiger partial charge in [0.2, 0.25) is 0 Å². The molecule has 0 aromatic heterocycles. The first-order valence-corrected chi connectivity index (χ1v) is 7.85.